The Balaban J connectivity index is 1.68. The van der Waals surface area contributed by atoms with E-state index in [1.165, 1.54) is 24.3 Å². The van der Waals surface area contributed by atoms with Crippen LogP contribution in [0.4, 0.5) is 14.5 Å². The molecule has 1 aromatic heterocycles. The number of fused-ring (bicyclic) bond motifs is 1. The number of rotatable bonds is 6. The monoisotopic (exact) mass is 409 g/mol. The van der Waals surface area contributed by atoms with E-state index in [1.54, 1.807) is 0 Å². The van der Waals surface area contributed by atoms with Crippen LogP contribution < -0.4 is 10.6 Å². The molecule has 150 valence electrons. The number of amides is 2. The Morgan fingerprint density at radius 3 is 2.71 bits per heavy atom. The molecule has 0 saturated heterocycles. The lowest BCUT2D eigenvalue weighted by molar-refractivity contribution is -0.136. The number of thioether (sulfide) groups is 1. The second-order valence-corrected chi connectivity index (χ2v) is 7.85. The summed E-state index contributed by atoms with van der Waals surface area (Å²) in [6.45, 7) is 4.63. The van der Waals surface area contributed by atoms with E-state index in [9.17, 15) is 18.4 Å². The van der Waals surface area contributed by atoms with Gasteiger partial charge in [0, 0.05) is 23.5 Å². The number of carbonyl (C=O) groups is 2. The molecule has 1 unspecified atom stereocenters. The lowest BCUT2D eigenvalue weighted by Gasteiger charge is -2.21. The zero-order valence-electron chi connectivity index (χ0n) is 15.5. The van der Waals surface area contributed by atoms with Gasteiger partial charge >= 0.3 is 11.8 Å². The fourth-order valence-electron chi connectivity index (χ4n) is 3.08. The number of alkyl halides is 2. The second-order valence-electron chi connectivity index (χ2n) is 6.79. The first-order chi connectivity index (χ1) is 13.3. The number of nitrogens with one attached hydrogen (secondary N) is 2. The van der Waals surface area contributed by atoms with Crippen LogP contribution in [0, 0.1) is 5.92 Å². The third-order valence-electron chi connectivity index (χ3n) is 4.39. The highest BCUT2D eigenvalue weighted by atomic mass is 32.2. The number of hydrogen-bond donors (Lipinski definition) is 2. The van der Waals surface area contributed by atoms with Gasteiger partial charge in [0.15, 0.2) is 5.82 Å². The Morgan fingerprint density at radius 1 is 1.21 bits per heavy atom. The summed E-state index contributed by atoms with van der Waals surface area (Å²) in [4.78, 5) is 25.0. The SMILES string of the molecule is CC(C)C(NC(=O)C(=O)Nc1cccc(SC(F)F)c1)c1nnc2n1CCC2. The van der Waals surface area contributed by atoms with Crippen LogP contribution >= 0.6 is 11.8 Å². The fraction of sp³-hybridized carbons (Fsp3) is 0.444. The molecule has 0 fully saturated rings. The average molecular weight is 409 g/mol. The molecule has 1 aliphatic heterocycles. The van der Waals surface area contributed by atoms with Crippen LogP contribution in [0.1, 0.15) is 38.0 Å². The molecular formula is C18H21F2N5O2S. The summed E-state index contributed by atoms with van der Waals surface area (Å²) in [6, 6.07) is 5.51. The van der Waals surface area contributed by atoms with E-state index in [0.29, 0.717) is 22.5 Å². The zero-order valence-corrected chi connectivity index (χ0v) is 16.3. The standard InChI is InChI=1S/C18H21F2N5O2S/c1-10(2)14(15-24-23-13-7-4-8-25(13)15)22-17(27)16(26)21-11-5-3-6-12(9-11)28-18(19)20/h3,5-6,9-10,14,18H,4,7-8H2,1-2H3,(H,21,26)(H,22,27). The van der Waals surface area contributed by atoms with Crippen molar-refractivity contribution in [2.24, 2.45) is 5.92 Å². The highest BCUT2D eigenvalue weighted by Crippen LogP contribution is 2.27. The van der Waals surface area contributed by atoms with Gasteiger partial charge in [-0.25, -0.2) is 0 Å². The molecule has 2 heterocycles. The number of halogens is 2. The van der Waals surface area contributed by atoms with Crippen molar-refractivity contribution >= 4 is 29.3 Å². The quantitative estimate of drug-likeness (QED) is 0.566. The van der Waals surface area contributed by atoms with Crippen LogP contribution in [0.2, 0.25) is 0 Å². The first-order valence-corrected chi connectivity index (χ1v) is 9.82. The average Bonchev–Trinajstić information content (AvgIpc) is 3.22. The number of aromatic nitrogens is 3. The molecule has 1 atom stereocenters. The Labute approximate surface area is 165 Å². The van der Waals surface area contributed by atoms with Gasteiger partial charge in [-0.15, -0.1) is 10.2 Å². The molecule has 2 aromatic rings. The summed E-state index contributed by atoms with van der Waals surface area (Å²) in [5.74, 6) is -2.74. The number of aryl methyl sites for hydroxylation is 1. The van der Waals surface area contributed by atoms with Crippen molar-refractivity contribution in [1.29, 1.82) is 0 Å². The fourth-order valence-corrected chi connectivity index (χ4v) is 3.63. The van der Waals surface area contributed by atoms with Gasteiger partial charge < -0.3 is 15.2 Å². The Hall–Kier alpha value is -2.49. The van der Waals surface area contributed by atoms with Gasteiger partial charge in [-0.1, -0.05) is 31.7 Å². The molecule has 3 rings (SSSR count). The summed E-state index contributed by atoms with van der Waals surface area (Å²) >= 11 is 0.369. The molecule has 2 N–H and O–H groups in total. The molecule has 0 saturated carbocycles. The predicted molar refractivity (Wildman–Crippen MR) is 101 cm³/mol. The van der Waals surface area contributed by atoms with E-state index in [4.69, 9.17) is 0 Å². The van der Waals surface area contributed by atoms with Crippen molar-refractivity contribution in [3.05, 3.63) is 35.9 Å². The van der Waals surface area contributed by atoms with Gasteiger partial charge in [0.2, 0.25) is 0 Å². The third kappa shape index (κ3) is 4.67. The van der Waals surface area contributed by atoms with Crippen LogP contribution in [-0.4, -0.2) is 32.3 Å². The Kier molecular flexibility index (Phi) is 6.28. The summed E-state index contributed by atoms with van der Waals surface area (Å²) in [7, 11) is 0. The Morgan fingerprint density at radius 2 is 2.00 bits per heavy atom. The van der Waals surface area contributed by atoms with E-state index in [1.807, 2.05) is 18.4 Å². The molecule has 2 amide bonds. The van der Waals surface area contributed by atoms with E-state index in [0.717, 1.165) is 25.2 Å². The lowest BCUT2D eigenvalue weighted by atomic mass is 10.0. The highest BCUT2D eigenvalue weighted by Gasteiger charge is 2.29. The van der Waals surface area contributed by atoms with Crippen LogP contribution in [0.3, 0.4) is 0 Å². The van der Waals surface area contributed by atoms with Crippen LogP contribution in [0.25, 0.3) is 0 Å². The minimum absolute atomic E-state index is 0.00332. The highest BCUT2D eigenvalue weighted by molar-refractivity contribution is 7.99. The first-order valence-electron chi connectivity index (χ1n) is 8.94. The maximum absolute atomic E-state index is 12.5. The van der Waals surface area contributed by atoms with Gasteiger partial charge in [0.05, 0.1) is 6.04 Å². The van der Waals surface area contributed by atoms with Crippen molar-refractivity contribution in [2.75, 3.05) is 5.32 Å². The summed E-state index contributed by atoms with van der Waals surface area (Å²) in [5, 5.41) is 13.5. The van der Waals surface area contributed by atoms with Crippen LogP contribution in [0.5, 0.6) is 0 Å². The first kappa shape index (κ1) is 20.2. The third-order valence-corrected chi connectivity index (χ3v) is 5.10. The lowest BCUT2D eigenvalue weighted by Crippen LogP contribution is -2.40. The van der Waals surface area contributed by atoms with Gasteiger partial charge in [-0.3, -0.25) is 9.59 Å². The molecule has 0 spiro atoms. The maximum Gasteiger partial charge on any atom is 0.313 e. The van der Waals surface area contributed by atoms with Crippen molar-refractivity contribution in [3.8, 4) is 0 Å². The van der Waals surface area contributed by atoms with Crippen LogP contribution in [-0.2, 0) is 22.6 Å². The normalized spacial score (nSPS) is 14.2. The van der Waals surface area contributed by atoms with Gasteiger partial charge in [0.1, 0.15) is 5.82 Å². The van der Waals surface area contributed by atoms with E-state index < -0.39 is 23.6 Å². The number of hydrogen-bond acceptors (Lipinski definition) is 5. The smallest absolute Gasteiger partial charge is 0.313 e. The molecule has 0 aliphatic carbocycles. The zero-order chi connectivity index (χ0) is 20.3. The summed E-state index contributed by atoms with van der Waals surface area (Å²) in [6.07, 6.45) is 1.82. The van der Waals surface area contributed by atoms with Gasteiger partial charge in [0.25, 0.3) is 5.76 Å². The van der Waals surface area contributed by atoms with E-state index >= 15 is 0 Å². The molecule has 0 bridgehead atoms. The van der Waals surface area contributed by atoms with Crippen LogP contribution in [0.15, 0.2) is 29.2 Å². The van der Waals surface area contributed by atoms with Crippen molar-refractivity contribution in [3.63, 3.8) is 0 Å². The van der Waals surface area contributed by atoms with E-state index in [2.05, 4.69) is 20.8 Å². The topological polar surface area (TPSA) is 88.9 Å². The number of anilines is 1. The Bertz CT molecular complexity index is 871. The number of carbonyl (C=O) groups excluding carboxylic acids is 2. The summed E-state index contributed by atoms with van der Waals surface area (Å²) < 4.78 is 27.0. The maximum atomic E-state index is 12.5. The predicted octanol–water partition coefficient (Wildman–Crippen LogP) is 2.99. The molecule has 10 heteroatoms. The van der Waals surface area contributed by atoms with E-state index in [-0.39, 0.29) is 11.6 Å². The minimum atomic E-state index is -2.56. The largest absolute Gasteiger partial charge is 0.338 e. The number of nitrogens with zero attached hydrogens (tertiary/aromatic N) is 3. The minimum Gasteiger partial charge on any atom is -0.338 e. The second kappa shape index (κ2) is 8.68. The molecule has 1 aliphatic rings. The number of benzene rings is 1. The molecule has 7 nitrogen and oxygen atoms in total. The molecular weight excluding hydrogens is 388 g/mol. The van der Waals surface area contributed by atoms with Crippen molar-refractivity contribution in [1.82, 2.24) is 20.1 Å². The van der Waals surface area contributed by atoms with Crippen molar-refractivity contribution in [2.45, 2.75) is 49.9 Å². The molecule has 0 radical (unpaired) electrons. The van der Waals surface area contributed by atoms with Gasteiger partial charge in [-0.05, 0) is 30.5 Å². The molecule has 1 aromatic carbocycles. The van der Waals surface area contributed by atoms with Gasteiger partial charge in [-0.2, -0.15) is 8.78 Å². The summed E-state index contributed by atoms with van der Waals surface area (Å²) in [5.41, 5.74) is 0.273. The molecule has 28 heavy (non-hydrogen) atoms. The van der Waals surface area contributed by atoms with Crippen molar-refractivity contribution < 1.29 is 18.4 Å².